The minimum absolute atomic E-state index is 0.0278. The molecule has 76 valence electrons. The fourth-order valence-corrected chi connectivity index (χ4v) is 1.45. The first-order chi connectivity index (χ1) is 6.67. The molecule has 0 heterocycles. The molecule has 0 unspecified atom stereocenters. The second-order valence-corrected chi connectivity index (χ2v) is 3.30. The van der Waals surface area contributed by atoms with Crippen molar-refractivity contribution in [1.29, 1.82) is 0 Å². The lowest BCUT2D eigenvalue weighted by molar-refractivity contribution is -0.385. The Hall–Kier alpha value is -0.730. The van der Waals surface area contributed by atoms with Crippen LogP contribution in [0.4, 0.5) is 5.69 Å². The molecule has 0 saturated carbocycles. The Morgan fingerprint density at radius 3 is 2.57 bits per heavy atom. The molecule has 0 amide bonds. The Balaban J connectivity index is 3.06. The van der Waals surface area contributed by atoms with Crippen LogP contribution in [-0.2, 0) is 16.3 Å². The second-order valence-electron chi connectivity index (χ2n) is 2.68. The number of aliphatic hydroxyl groups excluding tert-OH is 1. The van der Waals surface area contributed by atoms with E-state index >= 15 is 0 Å². The molecular weight excluding hydrogens is 301 g/mol. The molecular formula is C8H8INO4. The maximum absolute atomic E-state index is 10.5. The Labute approximate surface area is 94.5 Å². The van der Waals surface area contributed by atoms with E-state index in [1.165, 1.54) is 12.1 Å². The molecule has 0 saturated heterocycles. The highest BCUT2D eigenvalue weighted by molar-refractivity contribution is 14.1. The van der Waals surface area contributed by atoms with E-state index in [-0.39, 0.29) is 18.9 Å². The smallest absolute Gasteiger partial charge is 0.270 e. The maximum atomic E-state index is 10.5. The molecule has 0 atom stereocenters. The predicted molar refractivity (Wildman–Crippen MR) is 57.8 cm³/mol. The highest BCUT2D eigenvalue weighted by Gasteiger charge is 2.09. The standard InChI is InChI=1S/C8H8INO4/c9-14-5-7-1-6(4-11)2-8(3-7)10(12)13/h1-3,11H,4-5H2. The molecule has 1 aromatic rings. The average molecular weight is 309 g/mol. The average Bonchev–Trinajstić information content (AvgIpc) is 2.17. The molecule has 0 aliphatic heterocycles. The van der Waals surface area contributed by atoms with Crippen LogP contribution >= 0.6 is 23.0 Å². The predicted octanol–water partition coefficient (Wildman–Crippen LogP) is 1.95. The zero-order valence-corrected chi connectivity index (χ0v) is 9.30. The molecule has 0 aliphatic carbocycles. The van der Waals surface area contributed by atoms with E-state index in [0.29, 0.717) is 11.1 Å². The molecule has 5 nitrogen and oxygen atoms in total. The zero-order valence-electron chi connectivity index (χ0n) is 7.14. The van der Waals surface area contributed by atoms with Crippen LogP contribution in [0.3, 0.4) is 0 Å². The van der Waals surface area contributed by atoms with E-state index in [2.05, 4.69) is 0 Å². The molecule has 0 spiro atoms. The van der Waals surface area contributed by atoms with Crippen molar-refractivity contribution in [2.24, 2.45) is 0 Å². The quantitative estimate of drug-likeness (QED) is 0.524. The van der Waals surface area contributed by atoms with Gasteiger partial charge in [-0.25, -0.2) is 0 Å². The third-order valence-electron chi connectivity index (χ3n) is 1.65. The number of nitro groups is 1. The van der Waals surface area contributed by atoms with Gasteiger partial charge in [0.2, 0.25) is 0 Å². The number of aliphatic hydroxyl groups is 1. The van der Waals surface area contributed by atoms with Crippen LogP contribution in [0.15, 0.2) is 18.2 Å². The molecule has 6 heteroatoms. The van der Waals surface area contributed by atoms with Crippen LogP contribution in [0.5, 0.6) is 0 Å². The van der Waals surface area contributed by atoms with Crippen LogP contribution in [0, 0.1) is 10.1 Å². The number of nitrogens with zero attached hydrogens (tertiary/aromatic N) is 1. The van der Waals surface area contributed by atoms with E-state index in [9.17, 15) is 10.1 Å². The lowest BCUT2D eigenvalue weighted by atomic mass is 10.1. The Morgan fingerprint density at radius 1 is 1.43 bits per heavy atom. The number of halogens is 1. The third kappa shape index (κ3) is 2.89. The first-order valence-corrected chi connectivity index (χ1v) is 4.67. The van der Waals surface area contributed by atoms with Gasteiger partial charge in [0.1, 0.15) is 23.0 Å². The van der Waals surface area contributed by atoms with Crippen LogP contribution in [0.2, 0.25) is 0 Å². The van der Waals surface area contributed by atoms with E-state index in [0.717, 1.165) is 0 Å². The Bertz CT molecular complexity index is 342. The Morgan fingerprint density at radius 2 is 2.07 bits per heavy atom. The first kappa shape index (κ1) is 11.3. The number of non-ortho nitro benzene ring substituents is 1. The lowest BCUT2D eigenvalue weighted by Gasteiger charge is -2.01. The van der Waals surface area contributed by atoms with Gasteiger partial charge < -0.3 is 8.17 Å². The van der Waals surface area contributed by atoms with Crippen molar-refractivity contribution < 1.29 is 13.1 Å². The summed E-state index contributed by atoms with van der Waals surface area (Å²) in [5.74, 6) is 0. The van der Waals surface area contributed by atoms with Gasteiger partial charge in [-0.1, -0.05) is 6.07 Å². The van der Waals surface area contributed by atoms with Gasteiger partial charge in [0.25, 0.3) is 5.69 Å². The summed E-state index contributed by atoms with van der Waals surface area (Å²) in [6.45, 7) is 0.0746. The topological polar surface area (TPSA) is 72.6 Å². The van der Waals surface area contributed by atoms with Gasteiger partial charge in [0.05, 0.1) is 18.1 Å². The minimum Gasteiger partial charge on any atom is -0.392 e. The number of nitro benzene ring substituents is 1. The summed E-state index contributed by atoms with van der Waals surface area (Å²) in [4.78, 5) is 10.0. The van der Waals surface area contributed by atoms with Gasteiger partial charge in [-0.2, -0.15) is 0 Å². The van der Waals surface area contributed by atoms with Crippen molar-refractivity contribution in [2.75, 3.05) is 0 Å². The van der Waals surface area contributed by atoms with Gasteiger partial charge in [0.15, 0.2) is 0 Å². The van der Waals surface area contributed by atoms with Crippen molar-refractivity contribution in [2.45, 2.75) is 13.2 Å². The summed E-state index contributed by atoms with van der Waals surface area (Å²) < 4.78 is 4.83. The van der Waals surface area contributed by atoms with Crippen LogP contribution in [-0.4, -0.2) is 10.0 Å². The monoisotopic (exact) mass is 309 g/mol. The van der Waals surface area contributed by atoms with Crippen molar-refractivity contribution >= 4 is 28.7 Å². The van der Waals surface area contributed by atoms with E-state index in [1.54, 1.807) is 29.1 Å². The highest BCUT2D eigenvalue weighted by Crippen LogP contribution is 2.18. The van der Waals surface area contributed by atoms with Gasteiger partial charge in [-0.05, 0) is 11.1 Å². The molecule has 1 rings (SSSR count). The third-order valence-corrected chi connectivity index (χ3v) is 1.96. The fourth-order valence-electron chi connectivity index (χ4n) is 1.09. The van der Waals surface area contributed by atoms with Crippen molar-refractivity contribution in [1.82, 2.24) is 0 Å². The number of benzene rings is 1. The first-order valence-electron chi connectivity index (χ1n) is 3.79. The van der Waals surface area contributed by atoms with Gasteiger partial charge in [-0.3, -0.25) is 10.1 Å². The number of hydrogen-bond donors (Lipinski definition) is 1. The van der Waals surface area contributed by atoms with E-state index in [1.807, 2.05) is 0 Å². The van der Waals surface area contributed by atoms with Crippen LogP contribution in [0.25, 0.3) is 0 Å². The fraction of sp³-hybridized carbons (Fsp3) is 0.250. The van der Waals surface area contributed by atoms with Gasteiger partial charge in [0, 0.05) is 12.1 Å². The molecule has 14 heavy (non-hydrogen) atoms. The van der Waals surface area contributed by atoms with Crippen molar-refractivity contribution in [3.63, 3.8) is 0 Å². The SMILES string of the molecule is O=[N+]([O-])c1cc(CO)cc(COI)c1. The summed E-state index contributed by atoms with van der Waals surface area (Å²) in [5.41, 5.74) is 1.17. The lowest BCUT2D eigenvalue weighted by Crippen LogP contribution is -1.94. The second kappa shape index (κ2) is 5.23. The number of hydrogen-bond acceptors (Lipinski definition) is 4. The summed E-state index contributed by atoms with van der Waals surface area (Å²) in [6, 6.07) is 4.44. The molecule has 1 aromatic carbocycles. The molecule has 0 radical (unpaired) electrons. The highest BCUT2D eigenvalue weighted by atomic mass is 127. The molecule has 0 aromatic heterocycles. The van der Waals surface area contributed by atoms with Gasteiger partial charge >= 0.3 is 0 Å². The maximum Gasteiger partial charge on any atom is 0.270 e. The van der Waals surface area contributed by atoms with Crippen LogP contribution < -0.4 is 0 Å². The summed E-state index contributed by atoms with van der Waals surface area (Å²) >= 11 is 1.71. The van der Waals surface area contributed by atoms with Crippen molar-refractivity contribution in [3.8, 4) is 0 Å². The normalized spacial score (nSPS) is 10.1. The largest absolute Gasteiger partial charge is 0.392 e. The van der Waals surface area contributed by atoms with Crippen LogP contribution in [0.1, 0.15) is 11.1 Å². The van der Waals surface area contributed by atoms with E-state index in [4.69, 9.17) is 8.17 Å². The minimum atomic E-state index is -0.490. The molecule has 0 fully saturated rings. The number of rotatable bonds is 4. The molecule has 0 bridgehead atoms. The van der Waals surface area contributed by atoms with Gasteiger partial charge in [-0.15, -0.1) is 0 Å². The van der Waals surface area contributed by atoms with E-state index < -0.39 is 4.92 Å². The summed E-state index contributed by atoms with van der Waals surface area (Å²) in [6.07, 6.45) is 0. The summed E-state index contributed by atoms with van der Waals surface area (Å²) in [5, 5.41) is 19.4. The Kier molecular flexibility index (Phi) is 4.23. The zero-order chi connectivity index (χ0) is 10.6. The summed E-state index contributed by atoms with van der Waals surface area (Å²) in [7, 11) is 0. The molecule has 0 aliphatic rings. The van der Waals surface area contributed by atoms with Crippen molar-refractivity contribution in [3.05, 3.63) is 39.4 Å². The molecule has 1 N–H and O–H groups in total.